The topological polar surface area (TPSA) is 45.6 Å². The fourth-order valence-corrected chi connectivity index (χ4v) is 2.57. The second-order valence-electron chi connectivity index (χ2n) is 5.56. The van der Waals surface area contributed by atoms with Crippen molar-refractivity contribution in [1.29, 1.82) is 0 Å². The van der Waals surface area contributed by atoms with Crippen molar-refractivity contribution in [1.82, 2.24) is 9.88 Å². The van der Waals surface area contributed by atoms with Crippen molar-refractivity contribution in [3.05, 3.63) is 59.5 Å². The SMILES string of the molecule is O[C@H]1CCN(Cc2ccc(OCc3ccccc3F)nc2)C1. The molecule has 5 heteroatoms. The van der Waals surface area contributed by atoms with Crippen LogP contribution in [0.25, 0.3) is 0 Å². The highest BCUT2D eigenvalue weighted by atomic mass is 19.1. The van der Waals surface area contributed by atoms with Crippen molar-refractivity contribution in [2.75, 3.05) is 13.1 Å². The summed E-state index contributed by atoms with van der Waals surface area (Å²) in [6.07, 6.45) is 2.38. The first-order valence-corrected chi connectivity index (χ1v) is 7.42. The molecule has 1 saturated heterocycles. The number of benzene rings is 1. The Morgan fingerprint density at radius 1 is 1.27 bits per heavy atom. The monoisotopic (exact) mass is 302 g/mol. The number of halogens is 1. The van der Waals surface area contributed by atoms with Gasteiger partial charge in [0.2, 0.25) is 5.88 Å². The summed E-state index contributed by atoms with van der Waals surface area (Å²) in [6.45, 7) is 2.56. The van der Waals surface area contributed by atoms with Crippen LogP contribution in [-0.2, 0) is 13.2 Å². The Hall–Kier alpha value is -1.98. The van der Waals surface area contributed by atoms with Gasteiger partial charge in [-0.15, -0.1) is 0 Å². The highest BCUT2D eigenvalue weighted by molar-refractivity contribution is 5.20. The van der Waals surface area contributed by atoms with Gasteiger partial charge in [0.05, 0.1) is 6.10 Å². The molecule has 116 valence electrons. The molecular weight excluding hydrogens is 283 g/mol. The van der Waals surface area contributed by atoms with E-state index in [-0.39, 0.29) is 18.5 Å². The highest BCUT2D eigenvalue weighted by Crippen LogP contribution is 2.16. The molecule has 2 heterocycles. The van der Waals surface area contributed by atoms with Crippen LogP contribution in [0.5, 0.6) is 5.88 Å². The van der Waals surface area contributed by atoms with Gasteiger partial charge in [-0.25, -0.2) is 9.37 Å². The number of aromatic nitrogens is 1. The molecule has 1 aromatic carbocycles. The van der Waals surface area contributed by atoms with Gasteiger partial charge in [0.25, 0.3) is 0 Å². The van der Waals surface area contributed by atoms with Gasteiger partial charge in [-0.3, -0.25) is 4.90 Å². The second-order valence-corrected chi connectivity index (χ2v) is 5.56. The number of rotatable bonds is 5. The van der Waals surface area contributed by atoms with Crippen LogP contribution in [0.15, 0.2) is 42.6 Å². The molecule has 0 bridgehead atoms. The summed E-state index contributed by atoms with van der Waals surface area (Å²) < 4.78 is 19.0. The van der Waals surface area contributed by atoms with Crippen molar-refractivity contribution >= 4 is 0 Å². The molecule has 0 unspecified atom stereocenters. The van der Waals surface area contributed by atoms with Crippen LogP contribution >= 0.6 is 0 Å². The van der Waals surface area contributed by atoms with E-state index in [2.05, 4.69) is 9.88 Å². The lowest BCUT2D eigenvalue weighted by atomic mass is 10.2. The van der Waals surface area contributed by atoms with Crippen molar-refractivity contribution in [2.45, 2.75) is 25.7 Å². The van der Waals surface area contributed by atoms with Gasteiger partial charge in [0.1, 0.15) is 12.4 Å². The molecule has 1 fully saturated rings. The largest absolute Gasteiger partial charge is 0.473 e. The van der Waals surface area contributed by atoms with E-state index in [1.54, 1.807) is 30.5 Å². The summed E-state index contributed by atoms with van der Waals surface area (Å²) in [7, 11) is 0. The van der Waals surface area contributed by atoms with Gasteiger partial charge in [0, 0.05) is 37.5 Å². The lowest BCUT2D eigenvalue weighted by Gasteiger charge is -2.14. The predicted molar refractivity (Wildman–Crippen MR) is 80.9 cm³/mol. The Labute approximate surface area is 129 Å². The van der Waals surface area contributed by atoms with Crippen LogP contribution in [0.2, 0.25) is 0 Å². The van der Waals surface area contributed by atoms with Crippen molar-refractivity contribution in [3.63, 3.8) is 0 Å². The quantitative estimate of drug-likeness (QED) is 0.921. The molecule has 22 heavy (non-hydrogen) atoms. The van der Waals surface area contributed by atoms with E-state index in [0.29, 0.717) is 18.0 Å². The van der Waals surface area contributed by atoms with Crippen molar-refractivity contribution in [3.8, 4) is 5.88 Å². The van der Waals surface area contributed by atoms with Gasteiger partial charge >= 0.3 is 0 Å². The molecule has 0 saturated carbocycles. The second kappa shape index (κ2) is 6.85. The lowest BCUT2D eigenvalue weighted by Crippen LogP contribution is -2.21. The van der Waals surface area contributed by atoms with Crippen molar-refractivity contribution in [2.24, 2.45) is 0 Å². The van der Waals surface area contributed by atoms with E-state index in [4.69, 9.17) is 4.74 Å². The molecular formula is C17H19FN2O2. The Bertz CT molecular complexity index is 618. The van der Waals surface area contributed by atoms with Gasteiger partial charge in [-0.1, -0.05) is 24.3 Å². The van der Waals surface area contributed by atoms with Crippen LogP contribution < -0.4 is 4.74 Å². The normalized spacial score (nSPS) is 18.5. The number of nitrogens with zero attached hydrogens (tertiary/aromatic N) is 2. The fourth-order valence-electron chi connectivity index (χ4n) is 2.57. The molecule has 1 aliphatic heterocycles. The number of β-amino-alcohol motifs (C(OH)–C–C–N with tert-alkyl or cyclic N) is 1. The smallest absolute Gasteiger partial charge is 0.213 e. The summed E-state index contributed by atoms with van der Waals surface area (Å²) >= 11 is 0. The maximum absolute atomic E-state index is 13.5. The lowest BCUT2D eigenvalue weighted by molar-refractivity contribution is 0.174. The molecule has 0 aliphatic carbocycles. The van der Waals surface area contributed by atoms with E-state index in [1.807, 2.05) is 6.07 Å². The highest BCUT2D eigenvalue weighted by Gasteiger charge is 2.19. The number of hydrogen-bond donors (Lipinski definition) is 1. The number of ether oxygens (including phenoxy) is 1. The number of pyridine rings is 1. The zero-order valence-electron chi connectivity index (χ0n) is 12.3. The van der Waals surface area contributed by atoms with Crippen LogP contribution in [0.3, 0.4) is 0 Å². The van der Waals surface area contributed by atoms with E-state index in [9.17, 15) is 9.50 Å². The van der Waals surface area contributed by atoms with E-state index in [1.165, 1.54) is 6.07 Å². The van der Waals surface area contributed by atoms with E-state index in [0.717, 1.165) is 25.1 Å². The Morgan fingerprint density at radius 3 is 2.82 bits per heavy atom. The molecule has 1 N–H and O–H groups in total. The van der Waals surface area contributed by atoms with Gasteiger partial charge < -0.3 is 9.84 Å². The van der Waals surface area contributed by atoms with Crippen LogP contribution in [0.1, 0.15) is 17.5 Å². The van der Waals surface area contributed by atoms with Gasteiger partial charge in [-0.2, -0.15) is 0 Å². The van der Waals surface area contributed by atoms with Crippen molar-refractivity contribution < 1.29 is 14.2 Å². The Kier molecular flexibility index (Phi) is 4.65. The van der Waals surface area contributed by atoms with E-state index >= 15 is 0 Å². The molecule has 3 rings (SSSR count). The Balaban J connectivity index is 1.54. The average molecular weight is 302 g/mol. The zero-order chi connectivity index (χ0) is 15.4. The molecule has 1 atom stereocenters. The molecule has 0 radical (unpaired) electrons. The fraction of sp³-hybridized carbons (Fsp3) is 0.353. The van der Waals surface area contributed by atoms with Gasteiger partial charge in [-0.05, 0) is 18.1 Å². The summed E-state index contributed by atoms with van der Waals surface area (Å²) in [4.78, 5) is 6.45. The number of hydrogen-bond acceptors (Lipinski definition) is 4. The summed E-state index contributed by atoms with van der Waals surface area (Å²) in [6, 6.07) is 10.3. The minimum absolute atomic E-state index is 0.164. The van der Waals surface area contributed by atoms with Gasteiger partial charge in [0.15, 0.2) is 0 Å². The number of aliphatic hydroxyl groups excluding tert-OH is 1. The molecule has 4 nitrogen and oxygen atoms in total. The number of likely N-dealkylation sites (tertiary alicyclic amines) is 1. The first-order chi connectivity index (χ1) is 10.7. The third-order valence-electron chi connectivity index (χ3n) is 3.78. The Morgan fingerprint density at radius 2 is 2.14 bits per heavy atom. The third kappa shape index (κ3) is 3.81. The summed E-state index contributed by atoms with van der Waals surface area (Å²) in [5, 5.41) is 9.51. The first-order valence-electron chi connectivity index (χ1n) is 7.42. The molecule has 1 aromatic heterocycles. The molecule has 0 amide bonds. The average Bonchev–Trinajstić information content (AvgIpc) is 2.93. The maximum Gasteiger partial charge on any atom is 0.213 e. The minimum Gasteiger partial charge on any atom is -0.473 e. The molecule has 1 aliphatic rings. The number of aliphatic hydroxyl groups is 1. The standard InChI is InChI=1S/C17H19FN2O2/c18-16-4-2-1-3-14(16)12-22-17-6-5-13(9-19-17)10-20-8-7-15(21)11-20/h1-6,9,15,21H,7-8,10-12H2/t15-/m0/s1. The first kappa shape index (κ1) is 14.9. The van der Waals surface area contributed by atoms with Crippen LogP contribution in [-0.4, -0.2) is 34.2 Å². The summed E-state index contributed by atoms with van der Waals surface area (Å²) in [5.74, 6) is 0.208. The molecule has 2 aromatic rings. The zero-order valence-corrected chi connectivity index (χ0v) is 12.3. The predicted octanol–water partition coefficient (Wildman–Crippen LogP) is 2.37. The van der Waals surface area contributed by atoms with Crippen LogP contribution in [0, 0.1) is 5.82 Å². The van der Waals surface area contributed by atoms with E-state index < -0.39 is 0 Å². The third-order valence-corrected chi connectivity index (χ3v) is 3.78. The maximum atomic E-state index is 13.5. The molecule has 0 spiro atoms. The summed E-state index contributed by atoms with van der Waals surface area (Å²) in [5.41, 5.74) is 1.59. The van der Waals surface area contributed by atoms with Crippen LogP contribution in [0.4, 0.5) is 4.39 Å². The minimum atomic E-state index is -0.272.